The summed E-state index contributed by atoms with van der Waals surface area (Å²) < 4.78 is 1.23. The third-order valence-corrected chi connectivity index (χ3v) is 4.20. The van der Waals surface area contributed by atoms with Crippen molar-refractivity contribution in [3.63, 3.8) is 0 Å². The first-order valence-electron chi connectivity index (χ1n) is 6.11. The zero-order valence-corrected chi connectivity index (χ0v) is 11.2. The molecule has 0 spiro atoms. The van der Waals surface area contributed by atoms with Gasteiger partial charge in [0.05, 0.1) is 15.2 Å². The van der Waals surface area contributed by atoms with Gasteiger partial charge in [-0.1, -0.05) is 12.1 Å². The second kappa shape index (κ2) is 3.90. The minimum absolute atomic E-state index is 0.918. The number of para-hydroxylation sites is 1. The molecule has 0 saturated carbocycles. The van der Waals surface area contributed by atoms with Crippen LogP contribution in [0.15, 0.2) is 42.7 Å². The molecule has 4 heteroatoms. The van der Waals surface area contributed by atoms with Crippen molar-refractivity contribution < 1.29 is 0 Å². The van der Waals surface area contributed by atoms with E-state index in [4.69, 9.17) is 0 Å². The summed E-state index contributed by atoms with van der Waals surface area (Å²) in [6, 6.07) is 10.4. The maximum Gasteiger partial charge on any atom is 0.137 e. The third kappa shape index (κ3) is 1.57. The Morgan fingerprint density at radius 3 is 3.00 bits per heavy atom. The summed E-state index contributed by atoms with van der Waals surface area (Å²) in [5, 5.41) is 2.24. The summed E-state index contributed by atoms with van der Waals surface area (Å²) in [4.78, 5) is 12.2. The van der Waals surface area contributed by atoms with Crippen molar-refractivity contribution in [2.45, 2.75) is 6.92 Å². The lowest BCUT2D eigenvalue weighted by Crippen LogP contribution is -1.79. The fourth-order valence-electron chi connectivity index (χ4n) is 2.46. The molecule has 3 nitrogen and oxygen atoms in total. The van der Waals surface area contributed by atoms with Gasteiger partial charge in [-0.05, 0) is 25.1 Å². The molecular weight excluding hydrogens is 254 g/mol. The van der Waals surface area contributed by atoms with Crippen LogP contribution >= 0.6 is 11.3 Å². The molecule has 4 rings (SSSR count). The predicted molar refractivity (Wildman–Crippen MR) is 79.4 cm³/mol. The van der Waals surface area contributed by atoms with Crippen LogP contribution in [0.1, 0.15) is 5.01 Å². The van der Waals surface area contributed by atoms with E-state index >= 15 is 0 Å². The first-order chi connectivity index (χ1) is 9.33. The maximum atomic E-state index is 4.66. The fraction of sp³-hybridized carbons (Fsp3) is 0.0667. The van der Waals surface area contributed by atoms with Crippen LogP contribution in [0.25, 0.3) is 32.4 Å². The molecule has 0 fully saturated rings. The zero-order valence-electron chi connectivity index (χ0n) is 10.3. The molecule has 0 aliphatic rings. The summed E-state index contributed by atoms with van der Waals surface area (Å²) in [6.45, 7) is 2.05. The van der Waals surface area contributed by atoms with Crippen molar-refractivity contribution >= 4 is 32.6 Å². The fourth-order valence-corrected chi connectivity index (χ4v) is 3.31. The lowest BCUT2D eigenvalue weighted by molar-refractivity contribution is 1.33. The standard InChI is InChI=1S/C15H11N3S/c1-9-18-14-10(4-2-6-13(14)19-9)12-8-17-15-11(12)5-3-7-16-15/h2-8H,1H3,(H,16,17). The Hall–Kier alpha value is -2.20. The highest BCUT2D eigenvalue weighted by Gasteiger charge is 2.11. The minimum Gasteiger partial charge on any atom is -0.346 e. The quantitative estimate of drug-likeness (QED) is 0.561. The molecule has 0 aliphatic heterocycles. The summed E-state index contributed by atoms with van der Waals surface area (Å²) in [5.41, 5.74) is 4.33. The molecule has 0 atom stereocenters. The number of thiazole rings is 1. The van der Waals surface area contributed by atoms with E-state index in [1.165, 1.54) is 15.8 Å². The summed E-state index contributed by atoms with van der Waals surface area (Å²) >= 11 is 1.73. The van der Waals surface area contributed by atoms with Crippen LogP contribution in [-0.2, 0) is 0 Å². The number of fused-ring (bicyclic) bond motifs is 2. The Labute approximate surface area is 114 Å². The number of hydrogen-bond donors (Lipinski definition) is 1. The maximum absolute atomic E-state index is 4.66. The van der Waals surface area contributed by atoms with Crippen LogP contribution < -0.4 is 0 Å². The van der Waals surface area contributed by atoms with Crippen molar-refractivity contribution in [1.82, 2.24) is 15.0 Å². The SMILES string of the molecule is Cc1nc2c(-c3c[nH]c4ncccc34)cccc2s1. The monoisotopic (exact) mass is 265 g/mol. The van der Waals surface area contributed by atoms with Gasteiger partial charge in [-0.25, -0.2) is 9.97 Å². The molecule has 3 aromatic heterocycles. The summed E-state index contributed by atoms with van der Waals surface area (Å²) in [6.07, 6.45) is 3.82. The third-order valence-electron chi connectivity index (χ3n) is 3.27. The molecule has 0 saturated heterocycles. The van der Waals surface area contributed by atoms with E-state index in [0.717, 1.165) is 21.6 Å². The minimum atomic E-state index is 0.918. The Morgan fingerprint density at radius 2 is 2.05 bits per heavy atom. The molecule has 0 amide bonds. The molecule has 3 heterocycles. The van der Waals surface area contributed by atoms with Crippen LogP contribution in [-0.4, -0.2) is 15.0 Å². The Balaban J connectivity index is 2.09. The number of rotatable bonds is 1. The van der Waals surface area contributed by atoms with Crippen molar-refractivity contribution in [3.8, 4) is 11.1 Å². The molecule has 0 unspecified atom stereocenters. The molecule has 1 N–H and O–H groups in total. The number of benzene rings is 1. The van der Waals surface area contributed by atoms with E-state index in [1.807, 2.05) is 19.2 Å². The average Bonchev–Trinajstić information content (AvgIpc) is 3.00. The van der Waals surface area contributed by atoms with Gasteiger partial charge < -0.3 is 4.98 Å². The van der Waals surface area contributed by atoms with Crippen molar-refractivity contribution in [1.29, 1.82) is 0 Å². The predicted octanol–water partition coefficient (Wildman–Crippen LogP) is 4.15. The van der Waals surface area contributed by atoms with Crippen molar-refractivity contribution in [2.24, 2.45) is 0 Å². The van der Waals surface area contributed by atoms with E-state index in [9.17, 15) is 0 Å². The van der Waals surface area contributed by atoms with Crippen LogP contribution in [0, 0.1) is 6.92 Å². The number of hydrogen-bond acceptors (Lipinski definition) is 3. The molecule has 4 aromatic rings. The van der Waals surface area contributed by atoms with Gasteiger partial charge in [0.25, 0.3) is 0 Å². The van der Waals surface area contributed by atoms with Crippen LogP contribution in [0.2, 0.25) is 0 Å². The van der Waals surface area contributed by atoms with E-state index in [1.54, 1.807) is 17.5 Å². The zero-order chi connectivity index (χ0) is 12.8. The van der Waals surface area contributed by atoms with Crippen LogP contribution in [0.5, 0.6) is 0 Å². The number of pyridine rings is 1. The lowest BCUT2D eigenvalue weighted by Gasteiger charge is -2.00. The van der Waals surface area contributed by atoms with Gasteiger partial charge in [0.2, 0.25) is 0 Å². The molecule has 0 aliphatic carbocycles. The number of aryl methyl sites for hydroxylation is 1. The molecule has 1 aromatic carbocycles. The average molecular weight is 265 g/mol. The Morgan fingerprint density at radius 1 is 1.11 bits per heavy atom. The second-order valence-corrected chi connectivity index (χ2v) is 5.72. The second-order valence-electron chi connectivity index (χ2n) is 4.49. The number of aromatic nitrogens is 3. The highest BCUT2D eigenvalue weighted by molar-refractivity contribution is 7.18. The van der Waals surface area contributed by atoms with Gasteiger partial charge >= 0.3 is 0 Å². The van der Waals surface area contributed by atoms with Crippen molar-refractivity contribution in [2.75, 3.05) is 0 Å². The van der Waals surface area contributed by atoms with Crippen LogP contribution in [0.4, 0.5) is 0 Å². The highest BCUT2D eigenvalue weighted by Crippen LogP contribution is 2.34. The normalized spacial score (nSPS) is 11.4. The number of nitrogens with one attached hydrogen (secondary N) is 1. The van der Waals surface area contributed by atoms with E-state index < -0.39 is 0 Å². The number of H-pyrrole nitrogens is 1. The van der Waals surface area contributed by atoms with Gasteiger partial charge in [0.15, 0.2) is 0 Å². The number of nitrogens with zero attached hydrogens (tertiary/aromatic N) is 2. The topological polar surface area (TPSA) is 41.6 Å². The van der Waals surface area contributed by atoms with Gasteiger partial charge in [0.1, 0.15) is 5.65 Å². The van der Waals surface area contributed by atoms with Crippen LogP contribution in [0.3, 0.4) is 0 Å². The van der Waals surface area contributed by atoms with E-state index in [-0.39, 0.29) is 0 Å². The lowest BCUT2D eigenvalue weighted by atomic mass is 10.0. The molecule has 92 valence electrons. The van der Waals surface area contributed by atoms with Gasteiger partial charge in [-0.3, -0.25) is 0 Å². The first-order valence-corrected chi connectivity index (χ1v) is 6.93. The van der Waals surface area contributed by atoms with Gasteiger partial charge in [0, 0.05) is 28.9 Å². The van der Waals surface area contributed by atoms with Gasteiger partial charge in [-0.2, -0.15) is 0 Å². The Kier molecular flexibility index (Phi) is 2.19. The van der Waals surface area contributed by atoms with Crippen molar-refractivity contribution in [3.05, 3.63) is 47.7 Å². The van der Waals surface area contributed by atoms with E-state index in [0.29, 0.717) is 0 Å². The largest absolute Gasteiger partial charge is 0.346 e. The summed E-state index contributed by atoms with van der Waals surface area (Å²) in [7, 11) is 0. The molecular formula is C15H11N3S. The molecule has 0 bridgehead atoms. The van der Waals surface area contributed by atoms with E-state index in [2.05, 4.69) is 39.2 Å². The van der Waals surface area contributed by atoms with Gasteiger partial charge in [-0.15, -0.1) is 11.3 Å². The molecule has 0 radical (unpaired) electrons. The first kappa shape index (κ1) is 10.7. The smallest absolute Gasteiger partial charge is 0.137 e. The Bertz CT molecular complexity index is 889. The number of aromatic amines is 1. The summed E-state index contributed by atoms with van der Waals surface area (Å²) in [5.74, 6) is 0. The molecule has 19 heavy (non-hydrogen) atoms. The highest BCUT2D eigenvalue weighted by atomic mass is 32.1.